The summed E-state index contributed by atoms with van der Waals surface area (Å²) in [5.41, 5.74) is 8.54. The highest BCUT2D eigenvalue weighted by atomic mass is 16.5. The van der Waals surface area contributed by atoms with Gasteiger partial charge in [0, 0.05) is 27.1 Å². The van der Waals surface area contributed by atoms with Crippen molar-refractivity contribution in [1.29, 1.82) is 0 Å². The summed E-state index contributed by atoms with van der Waals surface area (Å²) in [6.07, 6.45) is 3.26. The average molecular weight is 468 g/mol. The summed E-state index contributed by atoms with van der Waals surface area (Å²) in [6.45, 7) is 3.29. The fourth-order valence-corrected chi connectivity index (χ4v) is 4.11. The summed E-state index contributed by atoms with van der Waals surface area (Å²) >= 11 is 0. The van der Waals surface area contributed by atoms with E-state index in [2.05, 4.69) is 12.2 Å². The minimum Gasteiger partial charge on any atom is -0.380 e. The van der Waals surface area contributed by atoms with Crippen LogP contribution in [0.4, 0.5) is 0 Å². The highest BCUT2D eigenvalue weighted by Crippen LogP contribution is 2.27. The number of rotatable bonds is 8. The smallest absolute Gasteiger partial charge is 0.242 e. The highest BCUT2D eigenvalue weighted by Gasteiger charge is 2.36. The van der Waals surface area contributed by atoms with E-state index in [0.717, 1.165) is 30.4 Å². The van der Waals surface area contributed by atoms with Crippen LogP contribution in [0.1, 0.15) is 55.2 Å². The minimum atomic E-state index is -0.645. The number of likely N-dealkylation sites (N-methyl/N-ethyl adjacent to an activating group) is 1. The predicted octanol–water partition coefficient (Wildman–Crippen LogP) is 3.17. The maximum absolute atomic E-state index is 13.2. The minimum absolute atomic E-state index is 0.0543. The molecule has 3 N–H and O–H groups in total. The van der Waals surface area contributed by atoms with Crippen LogP contribution in [-0.2, 0) is 32.1 Å². The number of likely N-dealkylation sites (tertiary alicyclic amines) is 1. The van der Waals surface area contributed by atoms with Crippen molar-refractivity contribution in [3.63, 3.8) is 0 Å². The highest BCUT2D eigenvalue weighted by molar-refractivity contribution is 5.93. The average Bonchev–Trinajstić information content (AvgIpc) is 2.87. The van der Waals surface area contributed by atoms with Crippen molar-refractivity contribution >= 4 is 17.7 Å². The fraction of sp³-hybridized carbons (Fsp3) is 0.444. The van der Waals surface area contributed by atoms with Crippen LogP contribution in [0.3, 0.4) is 0 Å². The van der Waals surface area contributed by atoms with Gasteiger partial charge in [0.2, 0.25) is 17.7 Å². The number of methoxy groups -OCH3 is 1. The molecule has 7 nitrogen and oxygen atoms in total. The number of hydrogen-bond acceptors (Lipinski definition) is 4. The summed E-state index contributed by atoms with van der Waals surface area (Å²) in [5, 5.41) is 2.63. The summed E-state index contributed by atoms with van der Waals surface area (Å²) in [5.74, 6) is -1.52. The molecule has 2 aromatic carbocycles. The number of amides is 3. The number of hydrogen-bond donors (Lipinski definition) is 2. The molecule has 3 rings (SSSR count). The third kappa shape index (κ3) is 7.99. The predicted molar refractivity (Wildman–Crippen MR) is 133 cm³/mol. The number of nitrogens with one attached hydrogen (secondary N) is 1. The summed E-state index contributed by atoms with van der Waals surface area (Å²) < 4.78 is 4.93. The van der Waals surface area contributed by atoms with Gasteiger partial charge in [-0.1, -0.05) is 61.5 Å². The van der Waals surface area contributed by atoms with Crippen molar-refractivity contribution in [2.24, 2.45) is 5.73 Å². The molecule has 1 saturated heterocycles. The van der Waals surface area contributed by atoms with Gasteiger partial charge in [-0.3, -0.25) is 14.4 Å². The van der Waals surface area contributed by atoms with Gasteiger partial charge in [-0.15, -0.1) is 0 Å². The number of aryl methyl sites for hydroxylation is 1. The second-order valence-electron chi connectivity index (χ2n) is 8.39. The van der Waals surface area contributed by atoms with Gasteiger partial charge in [0.1, 0.15) is 6.04 Å². The number of ether oxygens (including phenoxy) is 1. The van der Waals surface area contributed by atoms with E-state index in [4.69, 9.17) is 10.5 Å². The molecule has 0 saturated carbocycles. The Balaban J connectivity index is 0.000000379. The first-order chi connectivity index (χ1) is 16.4. The Morgan fingerprint density at radius 2 is 1.74 bits per heavy atom. The number of nitrogens with two attached hydrogens (primary N) is 1. The van der Waals surface area contributed by atoms with E-state index in [1.54, 1.807) is 19.1 Å². The van der Waals surface area contributed by atoms with E-state index in [9.17, 15) is 14.4 Å². The molecule has 1 heterocycles. The lowest BCUT2D eigenvalue weighted by molar-refractivity contribution is -0.144. The van der Waals surface area contributed by atoms with Gasteiger partial charge >= 0.3 is 0 Å². The Morgan fingerprint density at radius 3 is 2.29 bits per heavy atom. The first-order valence-corrected chi connectivity index (χ1v) is 11.8. The van der Waals surface area contributed by atoms with Crippen molar-refractivity contribution < 1.29 is 19.1 Å². The molecular formula is C27H37N3O4. The molecule has 1 fully saturated rings. The largest absolute Gasteiger partial charge is 0.380 e. The third-order valence-electron chi connectivity index (χ3n) is 5.98. The molecule has 0 bridgehead atoms. The zero-order chi connectivity index (χ0) is 24.9. The molecule has 0 aromatic heterocycles. The van der Waals surface area contributed by atoms with E-state index in [0.29, 0.717) is 19.6 Å². The van der Waals surface area contributed by atoms with Crippen molar-refractivity contribution in [2.45, 2.75) is 57.6 Å². The second-order valence-corrected chi connectivity index (χ2v) is 8.39. The van der Waals surface area contributed by atoms with Crippen LogP contribution in [0.15, 0.2) is 54.6 Å². The van der Waals surface area contributed by atoms with Crippen molar-refractivity contribution in [3.05, 3.63) is 71.3 Å². The van der Waals surface area contributed by atoms with E-state index in [-0.39, 0.29) is 18.2 Å². The third-order valence-corrected chi connectivity index (χ3v) is 5.98. The van der Waals surface area contributed by atoms with Crippen molar-refractivity contribution in [2.75, 3.05) is 20.7 Å². The molecule has 1 aliphatic heterocycles. The summed E-state index contributed by atoms with van der Waals surface area (Å²) in [6, 6.07) is 17.3. The molecular weight excluding hydrogens is 430 g/mol. The zero-order valence-electron chi connectivity index (χ0n) is 20.5. The number of nitrogens with zero attached hydrogens (tertiary/aromatic N) is 1. The van der Waals surface area contributed by atoms with Gasteiger partial charge in [-0.2, -0.15) is 0 Å². The van der Waals surface area contributed by atoms with E-state index in [1.165, 1.54) is 5.56 Å². The standard InChI is InChI=1S/C19H27N3O3.C8H10O/c1-3-13-7-9-14(10-8-13)15(12-17(20)23)19(25)22-11-5-4-6-16(22)18(24)21-2;1-9-7-8-5-3-2-4-6-8/h7-10,15-16H,3-6,11-12H2,1-2H3,(H2,20,23)(H,21,24);2-6H,7H2,1H3. The Kier molecular flexibility index (Phi) is 11.3. The van der Waals surface area contributed by atoms with Gasteiger partial charge in [-0.05, 0) is 42.4 Å². The van der Waals surface area contributed by atoms with E-state index < -0.39 is 17.9 Å². The van der Waals surface area contributed by atoms with Crippen LogP contribution >= 0.6 is 0 Å². The van der Waals surface area contributed by atoms with Crippen LogP contribution in [-0.4, -0.2) is 49.4 Å². The lowest BCUT2D eigenvalue weighted by Crippen LogP contribution is -2.52. The quantitative estimate of drug-likeness (QED) is 0.623. The molecule has 34 heavy (non-hydrogen) atoms. The molecule has 2 unspecified atom stereocenters. The molecule has 0 aliphatic carbocycles. The van der Waals surface area contributed by atoms with Crippen LogP contribution < -0.4 is 11.1 Å². The Labute approximate surface area is 202 Å². The molecule has 3 amide bonds. The Hall–Kier alpha value is -3.19. The number of piperidine rings is 1. The SMILES string of the molecule is CCc1ccc(C(CC(N)=O)C(=O)N2CCCCC2C(=O)NC)cc1.COCc1ccccc1. The van der Waals surface area contributed by atoms with Crippen LogP contribution in [0.2, 0.25) is 0 Å². The first-order valence-electron chi connectivity index (χ1n) is 11.8. The zero-order valence-corrected chi connectivity index (χ0v) is 20.5. The van der Waals surface area contributed by atoms with Gasteiger partial charge in [0.15, 0.2) is 0 Å². The monoisotopic (exact) mass is 467 g/mol. The van der Waals surface area contributed by atoms with Gasteiger partial charge in [0.25, 0.3) is 0 Å². The van der Waals surface area contributed by atoms with Crippen molar-refractivity contribution in [1.82, 2.24) is 10.2 Å². The number of carbonyl (C=O) groups excluding carboxylic acids is 3. The van der Waals surface area contributed by atoms with Crippen LogP contribution in [0.5, 0.6) is 0 Å². The van der Waals surface area contributed by atoms with Gasteiger partial charge < -0.3 is 20.7 Å². The van der Waals surface area contributed by atoms with Crippen molar-refractivity contribution in [3.8, 4) is 0 Å². The molecule has 2 aromatic rings. The molecule has 0 radical (unpaired) electrons. The fourth-order valence-electron chi connectivity index (χ4n) is 4.11. The first kappa shape index (κ1) is 27.1. The summed E-state index contributed by atoms with van der Waals surface area (Å²) in [7, 11) is 3.27. The number of benzene rings is 2. The second kappa shape index (κ2) is 14.2. The number of primary amides is 1. The lowest BCUT2D eigenvalue weighted by atomic mass is 9.90. The maximum Gasteiger partial charge on any atom is 0.242 e. The lowest BCUT2D eigenvalue weighted by Gasteiger charge is -2.36. The van der Waals surface area contributed by atoms with E-state index in [1.807, 2.05) is 54.6 Å². The topological polar surface area (TPSA) is 102 Å². The van der Waals surface area contributed by atoms with Gasteiger partial charge in [-0.25, -0.2) is 0 Å². The normalized spacial score (nSPS) is 16.1. The van der Waals surface area contributed by atoms with Crippen LogP contribution in [0, 0.1) is 0 Å². The molecule has 1 aliphatic rings. The number of carbonyl (C=O) groups is 3. The van der Waals surface area contributed by atoms with Crippen LogP contribution in [0.25, 0.3) is 0 Å². The molecule has 2 atom stereocenters. The van der Waals surface area contributed by atoms with E-state index >= 15 is 0 Å². The molecule has 7 heteroatoms. The summed E-state index contributed by atoms with van der Waals surface area (Å²) in [4.78, 5) is 38.5. The van der Waals surface area contributed by atoms with Gasteiger partial charge in [0.05, 0.1) is 12.5 Å². The molecule has 184 valence electrons. The Morgan fingerprint density at radius 1 is 1.06 bits per heavy atom. The Bertz CT molecular complexity index is 915. The maximum atomic E-state index is 13.2. The molecule has 0 spiro atoms.